The van der Waals surface area contributed by atoms with Gasteiger partial charge in [-0.25, -0.2) is 9.78 Å². The average Bonchev–Trinajstić information content (AvgIpc) is 2.45. The normalized spacial score (nSPS) is 15.3. The fraction of sp³-hybridized carbons (Fsp3) is 0.600. The Balaban J connectivity index is 1.94. The molecule has 0 atom stereocenters. The second kappa shape index (κ2) is 6.80. The van der Waals surface area contributed by atoms with Gasteiger partial charge in [0.05, 0.1) is 12.4 Å². The Bertz CT molecular complexity index is 577. The minimum atomic E-state index is -0.494. The molecule has 0 saturated carbocycles. The zero-order chi connectivity index (χ0) is 17.0. The van der Waals surface area contributed by atoms with Crippen molar-refractivity contribution in [3.05, 3.63) is 12.4 Å². The van der Waals surface area contributed by atoms with Gasteiger partial charge in [0.2, 0.25) is 5.91 Å². The number of hydrogen-bond acceptors (Lipinski definition) is 6. The molecule has 2 amide bonds. The van der Waals surface area contributed by atoms with Crippen LogP contribution in [-0.2, 0) is 9.53 Å². The number of hydrogen-bond donors (Lipinski definition) is 1. The quantitative estimate of drug-likeness (QED) is 0.888. The third kappa shape index (κ3) is 5.08. The van der Waals surface area contributed by atoms with Crippen LogP contribution in [0.25, 0.3) is 0 Å². The van der Waals surface area contributed by atoms with Crippen molar-refractivity contribution in [3.8, 4) is 0 Å². The van der Waals surface area contributed by atoms with E-state index in [1.54, 1.807) is 11.1 Å². The molecule has 0 unspecified atom stereocenters. The van der Waals surface area contributed by atoms with Gasteiger partial charge in [0.25, 0.3) is 0 Å². The van der Waals surface area contributed by atoms with E-state index in [0.29, 0.717) is 37.8 Å². The summed E-state index contributed by atoms with van der Waals surface area (Å²) in [6.45, 7) is 9.36. The molecule has 126 valence electrons. The number of aromatic nitrogens is 2. The van der Waals surface area contributed by atoms with E-state index in [4.69, 9.17) is 4.74 Å². The largest absolute Gasteiger partial charge is 0.444 e. The number of nitrogens with zero attached hydrogens (tertiary/aromatic N) is 4. The Labute approximate surface area is 135 Å². The third-order valence-corrected chi connectivity index (χ3v) is 3.18. The van der Waals surface area contributed by atoms with Crippen LogP contribution in [0.3, 0.4) is 0 Å². The molecule has 0 aromatic carbocycles. The number of rotatable bonds is 2. The number of ether oxygens (including phenoxy) is 1. The Morgan fingerprint density at radius 1 is 1.17 bits per heavy atom. The maximum Gasteiger partial charge on any atom is 0.410 e. The van der Waals surface area contributed by atoms with Crippen molar-refractivity contribution in [1.29, 1.82) is 0 Å². The summed E-state index contributed by atoms with van der Waals surface area (Å²) in [6.07, 6.45) is 2.85. The van der Waals surface area contributed by atoms with E-state index >= 15 is 0 Å². The van der Waals surface area contributed by atoms with Crippen LogP contribution in [0.15, 0.2) is 12.4 Å². The minimum Gasteiger partial charge on any atom is -0.444 e. The lowest BCUT2D eigenvalue weighted by molar-refractivity contribution is -0.114. The number of amides is 2. The number of carbonyl (C=O) groups is 2. The van der Waals surface area contributed by atoms with Gasteiger partial charge < -0.3 is 19.9 Å². The van der Waals surface area contributed by atoms with Crippen molar-refractivity contribution in [2.75, 3.05) is 36.4 Å². The van der Waals surface area contributed by atoms with E-state index in [2.05, 4.69) is 15.3 Å². The van der Waals surface area contributed by atoms with Gasteiger partial charge in [-0.05, 0) is 20.8 Å². The maximum absolute atomic E-state index is 12.0. The van der Waals surface area contributed by atoms with Crippen LogP contribution in [0, 0.1) is 0 Å². The van der Waals surface area contributed by atoms with Crippen molar-refractivity contribution >= 4 is 23.6 Å². The van der Waals surface area contributed by atoms with E-state index in [9.17, 15) is 9.59 Å². The van der Waals surface area contributed by atoms with Gasteiger partial charge in [0.15, 0.2) is 5.82 Å². The Morgan fingerprint density at radius 3 is 2.39 bits per heavy atom. The Hall–Kier alpha value is -2.38. The molecule has 1 aliphatic heterocycles. The topological polar surface area (TPSA) is 87.7 Å². The van der Waals surface area contributed by atoms with Gasteiger partial charge in [0.1, 0.15) is 11.4 Å². The van der Waals surface area contributed by atoms with Gasteiger partial charge in [0, 0.05) is 33.1 Å². The fourth-order valence-corrected chi connectivity index (χ4v) is 2.19. The van der Waals surface area contributed by atoms with Crippen LogP contribution < -0.4 is 10.2 Å². The Kier molecular flexibility index (Phi) is 5.02. The van der Waals surface area contributed by atoms with Crippen LogP contribution in [0.2, 0.25) is 0 Å². The standard InChI is InChI=1S/C15H23N5O3/c1-11(21)17-12-9-16-10-13(18-12)19-5-7-20(8-6-19)14(22)23-15(2,3)4/h9-10H,5-8H2,1-4H3,(H,17,18,21). The molecule has 1 N–H and O–H groups in total. The summed E-state index contributed by atoms with van der Waals surface area (Å²) in [5.41, 5.74) is -0.494. The molecular weight excluding hydrogens is 298 g/mol. The highest BCUT2D eigenvalue weighted by atomic mass is 16.6. The zero-order valence-corrected chi connectivity index (χ0v) is 14.0. The van der Waals surface area contributed by atoms with Gasteiger partial charge in [-0.2, -0.15) is 0 Å². The molecule has 1 aliphatic rings. The molecule has 23 heavy (non-hydrogen) atoms. The highest BCUT2D eigenvalue weighted by Crippen LogP contribution is 2.16. The van der Waals surface area contributed by atoms with E-state index in [0.717, 1.165) is 0 Å². The van der Waals surface area contributed by atoms with E-state index < -0.39 is 5.60 Å². The molecule has 8 heteroatoms. The van der Waals surface area contributed by atoms with Crippen LogP contribution >= 0.6 is 0 Å². The first-order valence-corrected chi connectivity index (χ1v) is 7.57. The lowest BCUT2D eigenvalue weighted by Crippen LogP contribution is -2.50. The summed E-state index contributed by atoms with van der Waals surface area (Å²) in [4.78, 5) is 35.3. The molecule has 1 fully saturated rings. The van der Waals surface area contributed by atoms with E-state index in [1.165, 1.54) is 13.1 Å². The first-order chi connectivity index (χ1) is 10.7. The highest BCUT2D eigenvalue weighted by molar-refractivity contribution is 5.87. The number of anilines is 2. The van der Waals surface area contributed by atoms with Crippen LogP contribution in [-0.4, -0.2) is 58.6 Å². The monoisotopic (exact) mass is 321 g/mol. The van der Waals surface area contributed by atoms with Crippen molar-refractivity contribution in [2.45, 2.75) is 33.3 Å². The number of piperazine rings is 1. The van der Waals surface area contributed by atoms with Crippen LogP contribution in [0.4, 0.5) is 16.4 Å². The summed E-state index contributed by atoms with van der Waals surface area (Å²) in [6, 6.07) is 0. The third-order valence-electron chi connectivity index (χ3n) is 3.18. The predicted octanol–water partition coefficient (Wildman–Crippen LogP) is 1.49. The summed E-state index contributed by atoms with van der Waals surface area (Å²) >= 11 is 0. The molecule has 0 bridgehead atoms. The molecule has 0 radical (unpaired) electrons. The van der Waals surface area contributed by atoms with Crippen LogP contribution in [0.1, 0.15) is 27.7 Å². The molecule has 1 saturated heterocycles. The van der Waals surface area contributed by atoms with Gasteiger partial charge in [-0.15, -0.1) is 0 Å². The van der Waals surface area contributed by atoms with Gasteiger partial charge in [-0.1, -0.05) is 0 Å². The fourth-order valence-electron chi connectivity index (χ4n) is 2.19. The molecule has 2 heterocycles. The van der Waals surface area contributed by atoms with Crippen molar-refractivity contribution in [2.24, 2.45) is 0 Å². The molecular formula is C15H23N5O3. The average molecular weight is 321 g/mol. The maximum atomic E-state index is 12.0. The second-order valence-corrected chi connectivity index (χ2v) is 6.40. The molecule has 1 aromatic rings. The van der Waals surface area contributed by atoms with Crippen molar-refractivity contribution in [1.82, 2.24) is 14.9 Å². The van der Waals surface area contributed by atoms with Crippen LogP contribution in [0.5, 0.6) is 0 Å². The molecule has 1 aromatic heterocycles. The zero-order valence-electron chi connectivity index (χ0n) is 14.0. The first-order valence-electron chi connectivity index (χ1n) is 7.57. The Morgan fingerprint density at radius 2 is 1.83 bits per heavy atom. The summed E-state index contributed by atoms with van der Waals surface area (Å²) in [5, 5.41) is 2.61. The molecule has 0 spiro atoms. The van der Waals surface area contributed by atoms with Crippen molar-refractivity contribution < 1.29 is 14.3 Å². The smallest absolute Gasteiger partial charge is 0.410 e. The molecule has 2 rings (SSSR count). The number of nitrogens with one attached hydrogen (secondary N) is 1. The molecule has 0 aliphatic carbocycles. The minimum absolute atomic E-state index is 0.189. The highest BCUT2D eigenvalue weighted by Gasteiger charge is 2.26. The SMILES string of the molecule is CC(=O)Nc1cncc(N2CCN(C(=O)OC(C)(C)C)CC2)n1. The number of carbonyl (C=O) groups excluding carboxylic acids is 2. The van der Waals surface area contributed by atoms with Gasteiger partial charge in [-0.3, -0.25) is 9.78 Å². The summed E-state index contributed by atoms with van der Waals surface area (Å²) in [7, 11) is 0. The van der Waals surface area contributed by atoms with E-state index in [1.807, 2.05) is 25.7 Å². The molecule has 8 nitrogen and oxygen atoms in total. The van der Waals surface area contributed by atoms with Crippen molar-refractivity contribution in [3.63, 3.8) is 0 Å². The van der Waals surface area contributed by atoms with Gasteiger partial charge >= 0.3 is 6.09 Å². The lowest BCUT2D eigenvalue weighted by atomic mass is 10.2. The summed E-state index contributed by atoms with van der Waals surface area (Å²) < 4.78 is 5.37. The lowest BCUT2D eigenvalue weighted by Gasteiger charge is -2.36. The summed E-state index contributed by atoms with van der Waals surface area (Å²) in [5.74, 6) is 0.913. The van der Waals surface area contributed by atoms with E-state index in [-0.39, 0.29) is 12.0 Å². The predicted molar refractivity (Wildman–Crippen MR) is 86.4 cm³/mol. The first kappa shape index (κ1) is 17.0. The second-order valence-electron chi connectivity index (χ2n) is 6.40.